The van der Waals surface area contributed by atoms with Crippen LogP contribution in [0.25, 0.3) is 10.2 Å². The van der Waals surface area contributed by atoms with Gasteiger partial charge in [-0.1, -0.05) is 0 Å². The Bertz CT molecular complexity index is 1220. The summed E-state index contributed by atoms with van der Waals surface area (Å²) in [5.74, 6) is 1.23. The highest BCUT2D eigenvalue weighted by atomic mass is 32.2. The van der Waals surface area contributed by atoms with E-state index < -0.39 is 10.0 Å². The molecule has 160 valence electrons. The Kier molecular flexibility index (Phi) is 5.67. The molecule has 1 fully saturated rings. The number of hydrogen-bond donors (Lipinski definition) is 1. The lowest BCUT2D eigenvalue weighted by atomic mass is 10.2. The molecule has 1 aromatic carbocycles. The zero-order valence-electron chi connectivity index (χ0n) is 17.1. The van der Waals surface area contributed by atoms with Gasteiger partial charge in [0.15, 0.2) is 0 Å². The summed E-state index contributed by atoms with van der Waals surface area (Å²) in [6, 6.07) is 6.43. The molecule has 1 N–H and O–H groups in total. The van der Waals surface area contributed by atoms with E-state index in [1.54, 1.807) is 31.4 Å². The number of benzene rings is 1. The van der Waals surface area contributed by atoms with E-state index in [0.717, 1.165) is 15.3 Å². The van der Waals surface area contributed by atoms with Gasteiger partial charge >= 0.3 is 0 Å². The van der Waals surface area contributed by atoms with Crippen LogP contribution in [0, 0.1) is 13.8 Å². The van der Waals surface area contributed by atoms with Crippen LogP contribution < -0.4 is 10.3 Å². The van der Waals surface area contributed by atoms with Gasteiger partial charge < -0.3 is 9.72 Å². The van der Waals surface area contributed by atoms with E-state index in [0.29, 0.717) is 49.7 Å². The lowest BCUT2D eigenvalue weighted by Gasteiger charge is -2.33. The monoisotopic (exact) mass is 448 g/mol. The molecule has 2 aromatic heterocycles. The predicted molar refractivity (Wildman–Crippen MR) is 117 cm³/mol. The van der Waals surface area contributed by atoms with Gasteiger partial charge in [0.25, 0.3) is 5.56 Å². The summed E-state index contributed by atoms with van der Waals surface area (Å²) in [7, 11) is -2.00. The van der Waals surface area contributed by atoms with Gasteiger partial charge in [-0.15, -0.1) is 11.3 Å². The number of methoxy groups -OCH3 is 1. The molecule has 0 saturated carbocycles. The van der Waals surface area contributed by atoms with E-state index in [4.69, 9.17) is 4.74 Å². The van der Waals surface area contributed by atoms with Crippen molar-refractivity contribution in [2.45, 2.75) is 25.3 Å². The van der Waals surface area contributed by atoms with Gasteiger partial charge in [0.1, 0.15) is 16.4 Å². The molecule has 0 atom stereocenters. The van der Waals surface area contributed by atoms with Gasteiger partial charge in [-0.25, -0.2) is 13.4 Å². The number of sulfonamides is 1. The van der Waals surface area contributed by atoms with E-state index in [1.807, 2.05) is 13.8 Å². The number of aromatic nitrogens is 2. The van der Waals surface area contributed by atoms with Gasteiger partial charge in [-0.2, -0.15) is 4.31 Å². The number of nitrogens with one attached hydrogen (secondary N) is 1. The molecule has 3 heterocycles. The van der Waals surface area contributed by atoms with E-state index in [2.05, 4.69) is 14.9 Å². The standard InChI is InChI=1S/C20H24N4O4S2/c1-13-14(2)29-20-18(13)19(25)21-17(22-20)12-23-8-10-24(11-9-23)30(26,27)16-6-4-15(28-3)5-7-16/h4-7H,8-12H2,1-3H3,(H,21,22,25). The topological polar surface area (TPSA) is 95.6 Å². The Hall–Kier alpha value is -2.27. The smallest absolute Gasteiger partial charge is 0.259 e. The van der Waals surface area contributed by atoms with Crippen molar-refractivity contribution in [3.05, 3.63) is 50.9 Å². The molecule has 0 radical (unpaired) electrons. The number of ether oxygens (including phenoxy) is 1. The quantitative estimate of drug-likeness (QED) is 0.642. The summed E-state index contributed by atoms with van der Waals surface area (Å²) >= 11 is 1.53. The number of piperazine rings is 1. The minimum Gasteiger partial charge on any atom is -0.497 e. The normalized spacial score (nSPS) is 16.2. The number of aromatic amines is 1. The van der Waals surface area contributed by atoms with Gasteiger partial charge in [0.2, 0.25) is 10.0 Å². The molecule has 30 heavy (non-hydrogen) atoms. The Morgan fingerprint density at radius 1 is 1.13 bits per heavy atom. The van der Waals surface area contributed by atoms with Gasteiger partial charge in [-0.05, 0) is 43.7 Å². The SMILES string of the molecule is COc1ccc(S(=O)(=O)N2CCN(Cc3nc4sc(C)c(C)c4c(=O)[nH]3)CC2)cc1. The summed E-state index contributed by atoms with van der Waals surface area (Å²) in [6.07, 6.45) is 0. The van der Waals surface area contributed by atoms with E-state index in [9.17, 15) is 13.2 Å². The van der Waals surface area contributed by atoms with Crippen LogP contribution in [-0.4, -0.2) is 60.9 Å². The fraction of sp³-hybridized carbons (Fsp3) is 0.400. The second kappa shape index (κ2) is 8.10. The van der Waals surface area contributed by atoms with Gasteiger partial charge in [-0.3, -0.25) is 9.69 Å². The summed E-state index contributed by atoms with van der Waals surface area (Å²) in [5, 5.41) is 0.664. The summed E-state index contributed by atoms with van der Waals surface area (Å²) in [6.45, 7) is 6.32. The number of nitrogens with zero attached hydrogens (tertiary/aromatic N) is 3. The largest absolute Gasteiger partial charge is 0.497 e. The first-order chi connectivity index (χ1) is 14.3. The van der Waals surface area contributed by atoms with Gasteiger partial charge in [0.05, 0.1) is 23.9 Å². The molecule has 1 aliphatic heterocycles. The maximum absolute atomic E-state index is 12.9. The van der Waals surface area contributed by atoms with Crippen molar-refractivity contribution in [1.82, 2.24) is 19.2 Å². The molecule has 0 unspecified atom stereocenters. The van der Waals surface area contributed by atoms with Crippen molar-refractivity contribution in [1.29, 1.82) is 0 Å². The van der Waals surface area contributed by atoms with Crippen LogP contribution >= 0.6 is 11.3 Å². The highest BCUT2D eigenvalue weighted by Crippen LogP contribution is 2.26. The molecule has 0 spiro atoms. The zero-order valence-corrected chi connectivity index (χ0v) is 18.8. The molecule has 0 aliphatic carbocycles. The van der Waals surface area contributed by atoms with Crippen molar-refractivity contribution in [2.75, 3.05) is 33.3 Å². The van der Waals surface area contributed by atoms with Crippen LogP contribution in [-0.2, 0) is 16.6 Å². The molecule has 10 heteroatoms. The maximum Gasteiger partial charge on any atom is 0.259 e. The first-order valence-corrected chi connectivity index (χ1v) is 11.9. The third kappa shape index (κ3) is 3.87. The third-order valence-corrected chi connectivity index (χ3v) is 8.50. The molecule has 1 saturated heterocycles. The summed E-state index contributed by atoms with van der Waals surface area (Å²) < 4.78 is 32.4. The third-order valence-electron chi connectivity index (χ3n) is 5.49. The molecule has 4 rings (SSSR count). The Labute approximate surface area is 179 Å². The van der Waals surface area contributed by atoms with Crippen molar-refractivity contribution in [3.8, 4) is 5.75 Å². The van der Waals surface area contributed by atoms with Crippen molar-refractivity contribution >= 4 is 31.6 Å². The van der Waals surface area contributed by atoms with Crippen molar-refractivity contribution in [3.63, 3.8) is 0 Å². The molecule has 3 aromatic rings. The summed E-state index contributed by atoms with van der Waals surface area (Å²) in [4.78, 5) is 24.2. The van der Waals surface area contributed by atoms with Crippen molar-refractivity contribution in [2.24, 2.45) is 0 Å². The minimum absolute atomic E-state index is 0.113. The van der Waals surface area contributed by atoms with Crippen LogP contribution in [0.3, 0.4) is 0 Å². The molecule has 0 bridgehead atoms. The highest BCUT2D eigenvalue weighted by molar-refractivity contribution is 7.89. The molecule has 8 nitrogen and oxygen atoms in total. The van der Waals surface area contributed by atoms with E-state index in [1.165, 1.54) is 15.6 Å². The first kappa shape index (κ1) is 21.0. The second-order valence-electron chi connectivity index (χ2n) is 7.33. The Morgan fingerprint density at radius 2 is 1.80 bits per heavy atom. The number of aryl methyl sites for hydroxylation is 2. The fourth-order valence-corrected chi connectivity index (χ4v) is 6.08. The summed E-state index contributed by atoms with van der Waals surface area (Å²) in [5.41, 5.74) is 0.866. The second-order valence-corrected chi connectivity index (χ2v) is 10.5. The minimum atomic E-state index is -3.54. The number of thiophene rings is 1. The number of hydrogen-bond acceptors (Lipinski definition) is 7. The molecule has 1 aliphatic rings. The number of H-pyrrole nitrogens is 1. The van der Waals surface area contributed by atoms with Crippen LogP contribution in [0.1, 0.15) is 16.3 Å². The molecule has 0 amide bonds. The average molecular weight is 449 g/mol. The fourth-order valence-electron chi connectivity index (χ4n) is 3.61. The zero-order chi connectivity index (χ0) is 21.5. The molecular formula is C20H24N4O4S2. The van der Waals surface area contributed by atoms with Crippen LogP contribution in [0.4, 0.5) is 0 Å². The Morgan fingerprint density at radius 3 is 2.43 bits per heavy atom. The Balaban J connectivity index is 1.44. The average Bonchev–Trinajstić information content (AvgIpc) is 3.02. The van der Waals surface area contributed by atoms with Crippen LogP contribution in [0.2, 0.25) is 0 Å². The van der Waals surface area contributed by atoms with Gasteiger partial charge in [0, 0.05) is 31.1 Å². The van der Waals surface area contributed by atoms with E-state index in [-0.39, 0.29) is 10.5 Å². The van der Waals surface area contributed by atoms with E-state index >= 15 is 0 Å². The highest BCUT2D eigenvalue weighted by Gasteiger charge is 2.28. The molecular weight excluding hydrogens is 424 g/mol. The number of fused-ring (bicyclic) bond motifs is 1. The predicted octanol–water partition coefficient (Wildman–Crippen LogP) is 2.12. The lowest BCUT2D eigenvalue weighted by molar-refractivity contribution is 0.178. The first-order valence-electron chi connectivity index (χ1n) is 9.65. The number of rotatable bonds is 5. The lowest BCUT2D eigenvalue weighted by Crippen LogP contribution is -2.48. The van der Waals surface area contributed by atoms with Crippen molar-refractivity contribution < 1.29 is 13.2 Å². The van der Waals surface area contributed by atoms with Crippen LogP contribution in [0.5, 0.6) is 5.75 Å². The van der Waals surface area contributed by atoms with Crippen LogP contribution in [0.15, 0.2) is 34.0 Å². The maximum atomic E-state index is 12.9.